The predicted octanol–water partition coefficient (Wildman–Crippen LogP) is 4.67. The summed E-state index contributed by atoms with van der Waals surface area (Å²) in [6, 6.07) is 11.4. The minimum atomic E-state index is -1.44. The Balaban J connectivity index is 2.17. The Bertz CT molecular complexity index is 861. The zero-order chi connectivity index (χ0) is 19.9. The molecule has 0 spiro atoms. The van der Waals surface area contributed by atoms with Gasteiger partial charge in [-0.2, -0.15) is 0 Å². The quantitative estimate of drug-likeness (QED) is 0.623. The molecule has 3 nitrogen and oxygen atoms in total. The zero-order valence-electron chi connectivity index (χ0n) is 16.9. The van der Waals surface area contributed by atoms with E-state index in [2.05, 4.69) is 54.0 Å². The Labute approximate surface area is 164 Å². The first-order chi connectivity index (χ1) is 12.8. The minimum absolute atomic E-state index is 0.767. The monoisotopic (exact) mass is 376 g/mol. The van der Waals surface area contributed by atoms with E-state index in [9.17, 15) is 5.11 Å². The van der Waals surface area contributed by atoms with E-state index in [4.69, 9.17) is 0 Å². The van der Waals surface area contributed by atoms with Crippen LogP contribution in [0.3, 0.4) is 0 Å². The number of pyridine rings is 2. The molecule has 2 aromatic rings. The van der Waals surface area contributed by atoms with Crippen LogP contribution in [0.5, 0.6) is 0 Å². The Morgan fingerprint density at radius 2 is 1.33 bits per heavy atom. The summed E-state index contributed by atoms with van der Waals surface area (Å²) in [6.45, 7) is 10.1. The highest BCUT2D eigenvalue weighted by Crippen LogP contribution is 2.19. The van der Waals surface area contributed by atoms with Crippen LogP contribution in [0.15, 0.2) is 36.7 Å². The fraction of sp³-hybridized carbons (Fsp3) is 0.391. The SMILES string of the molecule is CC[Si](C#Cc1ccc(-c2ccc(C#CC(C)(C)O)cn2)nc1)(CC)CC. The second-order valence-corrected chi connectivity index (χ2v) is 12.2. The van der Waals surface area contributed by atoms with Gasteiger partial charge in [-0.05, 0) is 56.2 Å². The molecule has 0 amide bonds. The second kappa shape index (κ2) is 9.00. The molecule has 0 unspecified atom stereocenters. The zero-order valence-corrected chi connectivity index (χ0v) is 17.9. The molecule has 0 aliphatic heterocycles. The van der Waals surface area contributed by atoms with E-state index in [-0.39, 0.29) is 0 Å². The first-order valence-electron chi connectivity index (χ1n) is 9.52. The van der Waals surface area contributed by atoms with E-state index < -0.39 is 13.7 Å². The molecule has 0 radical (unpaired) electrons. The van der Waals surface area contributed by atoms with Gasteiger partial charge in [-0.25, -0.2) is 0 Å². The normalized spacial score (nSPS) is 11.2. The van der Waals surface area contributed by atoms with Crippen LogP contribution in [0.25, 0.3) is 11.4 Å². The van der Waals surface area contributed by atoms with Gasteiger partial charge in [-0.1, -0.05) is 38.5 Å². The van der Waals surface area contributed by atoms with Gasteiger partial charge < -0.3 is 5.11 Å². The molecule has 0 aromatic carbocycles. The second-order valence-electron chi connectivity index (χ2n) is 7.26. The number of hydrogen-bond acceptors (Lipinski definition) is 3. The minimum Gasteiger partial charge on any atom is -0.378 e. The summed E-state index contributed by atoms with van der Waals surface area (Å²) >= 11 is 0. The van der Waals surface area contributed by atoms with E-state index in [0.29, 0.717) is 0 Å². The van der Waals surface area contributed by atoms with Crippen molar-refractivity contribution in [2.75, 3.05) is 0 Å². The van der Waals surface area contributed by atoms with Crippen LogP contribution in [0.4, 0.5) is 0 Å². The fourth-order valence-corrected chi connectivity index (χ4v) is 5.12. The van der Waals surface area contributed by atoms with Crippen LogP contribution >= 0.6 is 0 Å². The van der Waals surface area contributed by atoms with Gasteiger partial charge in [0.05, 0.1) is 11.4 Å². The van der Waals surface area contributed by atoms with Crippen LogP contribution in [-0.2, 0) is 0 Å². The summed E-state index contributed by atoms with van der Waals surface area (Å²) in [4.78, 5) is 8.94. The van der Waals surface area contributed by atoms with Gasteiger partial charge in [0.25, 0.3) is 0 Å². The smallest absolute Gasteiger partial charge is 0.138 e. The van der Waals surface area contributed by atoms with Gasteiger partial charge >= 0.3 is 0 Å². The molecule has 2 rings (SSSR count). The molecule has 0 aliphatic carbocycles. The van der Waals surface area contributed by atoms with Gasteiger partial charge in [0, 0.05) is 23.5 Å². The topological polar surface area (TPSA) is 46.0 Å². The third-order valence-electron chi connectivity index (χ3n) is 4.80. The maximum Gasteiger partial charge on any atom is 0.138 e. The predicted molar refractivity (Wildman–Crippen MR) is 115 cm³/mol. The lowest BCUT2D eigenvalue weighted by atomic mass is 10.1. The molecule has 0 aliphatic rings. The average Bonchev–Trinajstić information content (AvgIpc) is 2.68. The number of nitrogens with zero attached hydrogens (tertiary/aromatic N) is 2. The van der Waals surface area contributed by atoms with Crippen molar-refractivity contribution in [1.82, 2.24) is 9.97 Å². The average molecular weight is 377 g/mol. The maximum atomic E-state index is 9.67. The summed E-state index contributed by atoms with van der Waals surface area (Å²) in [7, 11) is -1.44. The maximum absolute atomic E-state index is 9.67. The van der Waals surface area contributed by atoms with Crippen molar-refractivity contribution in [3.8, 4) is 34.7 Å². The molecule has 2 aromatic heterocycles. The van der Waals surface area contributed by atoms with Crippen molar-refractivity contribution < 1.29 is 5.11 Å². The van der Waals surface area contributed by atoms with Gasteiger partial charge in [-0.15, -0.1) is 5.54 Å². The molecule has 0 atom stereocenters. The molecule has 0 bridgehead atoms. The van der Waals surface area contributed by atoms with E-state index in [1.807, 2.05) is 30.5 Å². The lowest BCUT2D eigenvalue weighted by molar-refractivity contribution is 0.143. The molecule has 4 heteroatoms. The van der Waals surface area contributed by atoms with Crippen molar-refractivity contribution in [1.29, 1.82) is 0 Å². The number of rotatable bonds is 4. The summed E-state index contributed by atoms with van der Waals surface area (Å²) in [6.07, 6.45) is 3.53. The van der Waals surface area contributed by atoms with E-state index in [1.54, 1.807) is 20.0 Å². The Morgan fingerprint density at radius 1 is 0.852 bits per heavy atom. The first-order valence-corrected chi connectivity index (χ1v) is 12.1. The molecule has 0 fully saturated rings. The lowest BCUT2D eigenvalue weighted by Crippen LogP contribution is -2.29. The highest BCUT2D eigenvalue weighted by Gasteiger charge is 2.24. The van der Waals surface area contributed by atoms with Crippen molar-refractivity contribution >= 4 is 8.07 Å². The van der Waals surface area contributed by atoms with E-state index in [0.717, 1.165) is 22.5 Å². The number of hydrogen-bond donors (Lipinski definition) is 1. The molecule has 0 saturated carbocycles. The molecule has 1 N–H and O–H groups in total. The summed E-state index contributed by atoms with van der Waals surface area (Å²) in [5.74, 6) is 9.05. The first kappa shape index (κ1) is 20.9. The van der Waals surface area contributed by atoms with Crippen molar-refractivity contribution in [2.45, 2.75) is 58.4 Å². The van der Waals surface area contributed by atoms with E-state index in [1.165, 1.54) is 18.1 Å². The standard InChI is InChI=1S/C23H28N2OSi/c1-6-27(7-2,8-3)16-14-20-10-12-22(25-18-20)21-11-9-19(17-24-21)13-15-23(4,5)26/h9-12,17-18,26H,6-8H2,1-5H3. The molecule has 27 heavy (non-hydrogen) atoms. The Morgan fingerprint density at radius 3 is 1.70 bits per heavy atom. The largest absolute Gasteiger partial charge is 0.378 e. The fourth-order valence-electron chi connectivity index (χ4n) is 2.68. The van der Waals surface area contributed by atoms with Crippen molar-refractivity contribution in [3.63, 3.8) is 0 Å². The van der Waals surface area contributed by atoms with Gasteiger partial charge in [0.2, 0.25) is 0 Å². The third-order valence-corrected chi connectivity index (χ3v) is 9.52. The van der Waals surface area contributed by atoms with Crippen LogP contribution in [0.1, 0.15) is 45.7 Å². The highest BCUT2D eigenvalue weighted by atomic mass is 28.3. The van der Waals surface area contributed by atoms with Gasteiger partial charge in [0.1, 0.15) is 13.7 Å². The van der Waals surface area contributed by atoms with Crippen LogP contribution < -0.4 is 0 Å². The summed E-state index contributed by atoms with van der Waals surface area (Å²) in [5, 5.41) is 9.67. The van der Waals surface area contributed by atoms with E-state index >= 15 is 0 Å². The molecule has 0 saturated heterocycles. The Kier molecular flexibility index (Phi) is 6.96. The van der Waals surface area contributed by atoms with Gasteiger partial charge in [-0.3, -0.25) is 9.97 Å². The number of aliphatic hydroxyl groups is 1. The summed E-state index contributed by atoms with van der Waals surface area (Å²) < 4.78 is 0. The molecular formula is C23H28N2OSi. The summed E-state index contributed by atoms with van der Waals surface area (Å²) in [5.41, 5.74) is 5.91. The third kappa shape index (κ3) is 6.07. The molecule has 2 heterocycles. The molecule has 140 valence electrons. The molecular weight excluding hydrogens is 348 g/mol. The van der Waals surface area contributed by atoms with Crippen molar-refractivity contribution in [2.24, 2.45) is 0 Å². The Hall–Kier alpha value is -2.40. The highest BCUT2D eigenvalue weighted by molar-refractivity contribution is 6.87. The van der Waals surface area contributed by atoms with Gasteiger partial charge in [0.15, 0.2) is 0 Å². The van der Waals surface area contributed by atoms with Crippen LogP contribution in [-0.4, -0.2) is 28.7 Å². The number of aromatic nitrogens is 2. The lowest BCUT2D eigenvalue weighted by Gasteiger charge is -2.19. The van der Waals surface area contributed by atoms with Crippen LogP contribution in [0.2, 0.25) is 18.1 Å². The van der Waals surface area contributed by atoms with Crippen LogP contribution in [0, 0.1) is 23.3 Å². The van der Waals surface area contributed by atoms with Crippen molar-refractivity contribution in [3.05, 3.63) is 47.8 Å².